The van der Waals surface area contributed by atoms with Crippen molar-refractivity contribution >= 4 is 44.0 Å². The van der Waals surface area contributed by atoms with Gasteiger partial charge in [-0.3, -0.25) is 10.1 Å². The third kappa shape index (κ3) is 5.22. The second-order valence-electron chi connectivity index (χ2n) is 6.33. The van der Waals surface area contributed by atoms with Crippen LogP contribution in [0.2, 0.25) is 5.02 Å². The molecule has 2 N–H and O–H groups in total. The summed E-state index contributed by atoms with van der Waals surface area (Å²) >= 11 is 7.55. The lowest BCUT2D eigenvalue weighted by Gasteiger charge is -2.09. The highest BCUT2D eigenvalue weighted by molar-refractivity contribution is 7.89. The van der Waals surface area contributed by atoms with Crippen LogP contribution in [-0.4, -0.2) is 25.9 Å². The number of nitrogens with one attached hydrogen (secondary N) is 2. The van der Waals surface area contributed by atoms with Crippen molar-refractivity contribution in [2.75, 3.05) is 11.9 Å². The highest BCUT2D eigenvalue weighted by Gasteiger charge is 2.18. The van der Waals surface area contributed by atoms with E-state index in [0.29, 0.717) is 22.1 Å². The molecule has 3 rings (SSSR count). The van der Waals surface area contributed by atoms with Crippen LogP contribution < -0.4 is 10.0 Å². The molecule has 1 heterocycles. The van der Waals surface area contributed by atoms with E-state index in [1.165, 1.54) is 23.5 Å². The number of anilines is 1. The van der Waals surface area contributed by atoms with Crippen molar-refractivity contribution in [3.05, 3.63) is 75.3 Å². The van der Waals surface area contributed by atoms with Crippen LogP contribution in [0.15, 0.2) is 53.6 Å². The molecule has 0 spiro atoms. The molecule has 1 aromatic heterocycles. The number of rotatable bonds is 7. The van der Waals surface area contributed by atoms with Crippen LogP contribution in [0.3, 0.4) is 0 Å². The number of carbonyl (C=O) groups is 1. The van der Waals surface area contributed by atoms with Gasteiger partial charge in [-0.2, -0.15) is 0 Å². The molecular weight excluding hydrogens is 430 g/mol. The number of nitrogens with zero attached hydrogens (tertiary/aromatic N) is 1. The second-order valence-corrected chi connectivity index (χ2v) is 9.62. The molecule has 2 aromatic carbocycles. The molecule has 0 bridgehead atoms. The second kappa shape index (κ2) is 9.04. The van der Waals surface area contributed by atoms with E-state index in [-0.39, 0.29) is 17.0 Å². The van der Waals surface area contributed by atoms with E-state index in [1.54, 1.807) is 26.1 Å². The number of benzene rings is 2. The average molecular weight is 450 g/mol. The van der Waals surface area contributed by atoms with Crippen LogP contribution >= 0.6 is 22.9 Å². The maximum absolute atomic E-state index is 12.7. The van der Waals surface area contributed by atoms with Gasteiger partial charge < -0.3 is 0 Å². The zero-order chi connectivity index (χ0) is 21.0. The van der Waals surface area contributed by atoms with Gasteiger partial charge in [0.05, 0.1) is 4.90 Å². The maximum Gasteiger partial charge on any atom is 0.257 e. The largest absolute Gasteiger partial charge is 0.298 e. The maximum atomic E-state index is 12.7. The minimum absolute atomic E-state index is 0.0497. The van der Waals surface area contributed by atoms with Crippen LogP contribution in [0.1, 0.15) is 33.3 Å². The number of sulfonamides is 1. The van der Waals surface area contributed by atoms with E-state index in [9.17, 15) is 13.2 Å². The molecule has 3 aromatic rings. The van der Waals surface area contributed by atoms with E-state index in [1.807, 2.05) is 24.3 Å². The van der Waals surface area contributed by atoms with Crippen molar-refractivity contribution in [1.82, 2.24) is 9.71 Å². The molecule has 152 valence electrons. The first-order chi connectivity index (χ1) is 13.8. The number of hydrogen-bond acceptors (Lipinski definition) is 5. The molecule has 0 unspecified atom stereocenters. The average Bonchev–Trinajstić information content (AvgIpc) is 3.10. The third-order valence-corrected chi connectivity index (χ3v) is 7.02. The summed E-state index contributed by atoms with van der Waals surface area (Å²) in [5.41, 5.74) is 1.94. The van der Waals surface area contributed by atoms with Crippen molar-refractivity contribution in [1.29, 1.82) is 0 Å². The fraction of sp³-hybridized carbons (Fsp3) is 0.200. The number of aryl methyl sites for hydroxylation is 1. The molecule has 0 aliphatic rings. The lowest BCUT2D eigenvalue weighted by Crippen LogP contribution is -2.24. The van der Waals surface area contributed by atoms with E-state index >= 15 is 0 Å². The summed E-state index contributed by atoms with van der Waals surface area (Å²) in [6, 6.07) is 12.0. The molecule has 0 radical (unpaired) electrons. The SMILES string of the molecule is CCNS(=O)(=O)c1ccc(C)c(C(=O)Nc2ncc(Cc3ccccc3Cl)s2)c1. The fourth-order valence-electron chi connectivity index (χ4n) is 2.73. The van der Waals surface area contributed by atoms with Crippen LogP contribution in [0.5, 0.6) is 0 Å². The van der Waals surface area contributed by atoms with Gasteiger partial charge in [-0.1, -0.05) is 42.8 Å². The number of carbonyl (C=O) groups excluding carboxylic acids is 1. The summed E-state index contributed by atoms with van der Waals surface area (Å²) in [6.07, 6.45) is 2.31. The standard InChI is InChI=1S/C20H20ClN3O3S2/c1-3-23-29(26,27)16-9-8-13(2)17(11-16)19(25)24-20-22-12-15(28-20)10-14-6-4-5-7-18(14)21/h4-9,11-12,23H,3,10H2,1-2H3,(H,22,24,25). The Hall–Kier alpha value is -2.26. The van der Waals surface area contributed by atoms with Crippen molar-refractivity contribution in [3.63, 3.8) is 0 Å². The van der Waals surface area contributed by atoms with Gasteiger partial charge >= 0.3 is 0 Å². The fourth-order valence-corrected chi connectivity index (χ4v) is 4.83. The van der Waals surface area contributed by atoms with Gasteiger partial charge in [0.15, 0.2) is 5.13 Å². The first kappa shape index (κ1) is 21.4. The van der Waals surface area contributed by atoms with Crippen molar-refractivity contribution in [2.24, 2.45) is 0 Å². The minimum Gasteiger partial charge on any atom is -0.298 e. The monoisotopic (exact) mass is 449 g/mol. The van der Waals surface area contributed by atoms with Gasteiger partial charge in [0, 0.05) is 34.6 Å². The number of halogens is 1. The number of aromatic nitrogens is 1. The molecular formula is C20H20ClN3O3S2. The molecule has 0 saturated carbocycles. The summed E-state index contributed by atoms with van der Waals surface area (Å²) in [5.74, 6) is -0.408. The van der Waals surface area contributed by atoms with Crippen LogP contribution in [0.25, 0.3) is 0 Å². The Balaban J connectivity index is 1.77. The zero-order valence-electron chi connectivity index (χ0n) is 15.9. The molecule has 6 nitrogen and oxygen atoms in total. The number of amides is 1. The molecule has 1 amide bonds. The van der Waals surface area contributed by atoms with Crippen LogP contribution in [0.4, 0.5) is 5.13 Å². The summed E-state index contributed by atoms with van der Waals surface area (Å²) in [5, 5.41) is 3.87. The van der Waals surface area contributed by atoms with Crippen LogP contribution in [-0.2, 0) is 16.4 Å². The highest BCUT2D eigenvalue weighted by Crippen LogP contribution is 2.25. The summed E-state index contributed by atoms with van der Waals surface area (Å²) in [7, 11) is -3.65. The number of thiazole rings is 1. The van der Waals surface area contributed by atoms with Gasteiger partial charge in [-0.15, -0.1) is 11.3 Å². The van der Waals surface area contributed by atoms with E-state index in [2.05, 4.69) is 15.0 Å². The molecule has 0 aliphatic carbocycles. The van der Waals surface area contributed by atoms with Gasteiger partial charge in [0.25, 0.3) is 5.91 Å². The Morgan fingerprint density at radius 1 is 1.21 bits per heavy atom. The smallest absolute Gasteiger partial charge is 0.257 e. The summed E-state index contributed by atoms with van der Waals surface area (Å²) in [6.45, 7) is 3.72. The Morgan fingerprint density at radius 3 is 2.69 bits per heavy atom. The minimum atomic E-state index is -3.65. The highest BCUT2D eigenvalue weighted by atomic mass is 35.5. The molecule has 9 heteroatoms. The first-order valence-corrected chi connectivity index (χ1v) is 11.6. The predicted molar refractivity (Wildman–Crippen MR) is 116 cm³/mol. The van der Waals surface area contributed by atoms with Crippen molar-refractivity contribution in [2.45, 2.75) is 25.2 Å². The number of hydrogen-bond donors (Lipinski definition) is 2. The van der Waals surface area contributed by atoms with Crippen LogP contribution in [0, 0.1) is 6.92 Å². The van der Waals surface area contributed by atoms with E-state index in [0.717, 1.165) is 10.4 Å². The van der Waals surface area contributed by atoms with E-state index in [4.69, 9.17) is 11.6 Å². The Morgan fingerprint density at radius 2 is 1.97 bits per heavy atom. The topological polar surface area (TPSA) is 88.2 Å². The Bertz CT molecular complexity index is 1140. The zero-order valence-corrected chi connectivity index (χ0v) is 18.3. The Labute approximate surface area is 179 Å². The summed E-state index contributed by atoms with van der Waals surface area (Å²) < 4.78 is 26.9. The normalized spacial score (nSPS) is 11.4. The van der Waals surface area contributed by atoms with Gasteiger partial charge in [-0.05, 0) is 36.2 Å². The predicted octanol–water partition coefficient (Wildman–Crippen LogP) is 4.25. The van der Waals surface area contributed by atoms with Gasteiger partial charge in [0.2, 0.25) is 10.0 Å². The van der Waals surface area contributed by atoms with Gasteiger partial charge in [-0.25, -0.2) is 18.1 Å². The van der Waals surface area contributed by atoms with Crippen molar-refractivity contribution < 1.29 is 13.2 Å². The molecule has 29 heavy (non-hydrogen) atoms. The molecule has 0 atom stereocenters. The quantitative estimate of drug-likeness (QED) is 0.564. The molecule has 0 fully saturated rings. The van der Waals surface area contributed by atoms with Gasteiger partial charge in [0.1, 0.15) is 0 Å². The first-order valence-electron chi connectivity index (χ1n) is 8.90. The third-order valence-electron chi connectivity index (χ3n) is 4.19. The van der Waals surface area contributed by atoms with E-state index < -0.39 is 15.9 Å². The Kier molecular flexibility index (Phi) is 6.69. The molecule has 0 saturated heterocycles. The lowest BCUT2D eigenvalue weighted by atomic mass is 10.1. The van der Waals surface area contributed by atoms with Crippen molar-refractivity contribution in [3.8, 4) is 0 Å². The molecule has 0 aliphatic heterocycles. The lowest BCUT2D eigenvalue weighted by molar-refractivity contribution is 0.102. The summed E-state index contributed by atoms with van der Waals surface area (Å²) in [4.78, 5) is 18.0.